The van der Waals surface area contributed by atoms with E-state index in [9.17, 15) is 4.79 Å². The number of amides is 1. The van der Waals surface area contributed by atoms with Crippen molar-refractivity contribution in [2.75, 3.05) is 32.7 Å². The summed E-state index contributed by atoms with van der Waals surface area (Å²) >= 11 is 1.77. The van der Waals surface area contributed by atoms with E-state index < -0.39 is 0 Å². The minimum absolute atomic E-state index is 0.0659. The molecule has 1 amide bonds. The number of rotatable bonds is 2. The van der Waals surface area contributed by atoms with Crippen LogP contribution in [0.15, 0.2) is 0 Å². The molecule has 5 rings (SSSR count). The number of carbonyl (C=O) groups excluding carboxylic acids is 1. The molecule has 0 aromatic carbocycles. The van der Waals surface area contributed by atoms with Crippen LogP contribution in [-0.4, -0.2) is 68.0 Å². The Hall–Kier alpha value is -2.06. The highest BCUT2D eigenvalue weighted by molar-refractivity contribution is 7.19. The van der Waals surface area contributed by atoms with Crippen LogP contribution in [0.1, 0.15) is 40.2 Å². The maximum Gasteiger partial charge on any atom is 0.293 e. The summed E-state index contributed by atoms with van der Waals surface area (Å²) in [6.45, 7) is 8.42. The van der Waals surface area contributed by atoms with Gasteiger partial charge in [0, 0.05) is 31.1 Å². The highest BCUT2D eigenvalue weighted by atomic mass is 32.1. The molecule has 0 radical (unpaired) electrons. The van der Waals surface area contributed by atoms with Crippen LogP contribution in [0, 0.1) is 6.92 Å². The fourth-order valence-electron chi connectivity index (χ4n) is 4.09. The van der Waals surface area contributed by atoms with Crippen molar-refractivity contribution in [2.24, 2.45) is 0 Å². The lowest BCUT2D eigenvalue weighted by Crippen LogP contribution is -2.48. The molecule has 8 heteroatoms. The third-order valence-electron chi connectivity index (χ3n) is 5.60. The van der Waals surface area contributed by atoms with E-state index in [0.29, 0.717) is 5.82 Å². The third kappa shape index (κ3) is 2.35. The Balaban J connectivity index is 1.56. The first-order valence-electron chi connectivity index (χ1n) is 9.35. The van der Waals surface area contributed by atoms with Gasteiger partial charge in [-0.2, -0.15) is 4.52 Å². The van der Waals surface area contributed by atoms with Crippen LogP contribution in [0.2, 0.25) is 0 Å². The first-order valence-corrected chi connectivity index (χ1v) is 10.2. The lowest BCUT2D eigenvalue weighted by atomic mass is 10.2. The SMILES string of the molecule is CCN1CCN(C(=O)c2nc3c4c5c(sc4nc(C)n3n2)CCC5)CC1. The Kier molecular flexibility index (Phi) is 3.72. The standard InChI is InChI=1S/C18H22N6OS/c1-3-22-7-9-23(10-8-22)18(25)15-20-16-14-12-5-4-6-13(12)26-17(14)19-11(2)24(16)21-15/h3-10H2,1-2H3. The van der Waals surface area contributed by atoms with E-state index in [2.05, 4.69) is 21.9 Å². The van der Waals surface area contributed by atoms with Gasteiger partial charge in [-0.25, -0.2) is 9.97 Å². The maximum absolute atomic E-state index is 12.9. The second-order valence-electron chi connectivity index (χ2n) is 7.09. The molecule has 1 fully saturated rings. The van der Waals surface area contributed by atoms with Gasteiger partial charge in [-0.15, -0.1) is 16.4 Å². The predicted molar refractivity (Wildman–Crippen MR) is 101 cm³/mol. The smallest absolute Gasteiger partial charge is 0.293 e. The van der Waals surface area contributed by atoms with Gasteiger partial charge in [-0.1, -0.05) is 6.92 Å². The summed E-state index contributed by atoms with van der Waals surface area (Å²) in [7, 11) is 0. The quantitative estimate of drug-likeness (QED) is 0.689. The van der Waals surface area contributed by atoms with Gasteiger partial charge in [0.05, 0.1) is 5.39 Å². The molecule has 0 unspecified atom stereocenters. The minimum Gasteiger partial charge on any atom is -0.333 e. The number of thiophene rings is 1. The first-order chi connectivity index (χ1) is 12.7. The van der Waals surface area contributed by atoms with Gasteiger partial charge in [0.25, 0.3) is 5.91 Å². The summed E-state index contributed by atoms with van der Waals surface area (Å²) in [6, 6.07) is 0. The molecular formula is C18H22N6OS. The minimum atomic E-state index is -0.0659. The molecule has 1 aliphatic heterocycles. The second kappa shape index (κ2) is 5.99. The van der Waals surface area contributed by atoms with Crippen LogP contribution < -0.4 is 0 Å². The summed E-state index contributed by atoms with van der Waals surface area (Å²) in [5, 5.41) is 5.63. The lowest BCUT2D eigenvalue weighted by Gasteiger charge is -2.33. The molecule has 3 aromatic rings. The first kappa shape index (κ1) is 16.1. The van der Waals surface area contributed by atoms with Gasteiger partial charge in [-0.3, -0.25) is 4.79 Å². The van der Waals surface area contributed by atoms with E-state index in [1.165, 1.54) is 16.9 Å². The molecule has 1 saturated heterocycles. The van der Waals surface area contributed by atoms with Crippen LogP contribution in [0.25, 0.3) is 15.9 Å². The summed E-state index contributed by atoms with van der Waals surface area (Å²) in [6.07, 6.45) is 3.40. The molecule has 0 atom stereocenters. The van der Waals surface area contributed by atoms with E-state index >= 15 is 0 Å². The van der Waals surface area contributed by atoms with E-state index in [1.54, 1.807) is 15.9 Å². The van der Waals surface area contributed by atoms with Crippen LogP contribution in [-0.2, 0) is 12.8 Å². The molecule has 1 aliphatic carbocycles. The van der Waals surface area contributed by atoms with Gasteiger partial charge < -0.3 is 9.80 Å². The zero-order valence-electron chi connectivity index (χ0n) is 15.2. The van der Waals surface area contributed by atoms with Crippen LogP contribution in [0.5, 0.6) is 0 Å². The Morgan fingerprint density at radius 3 is 2.73 bits per heavy atom. The van der Waals surface area contributed by atoms with Crippen molar-refractivity contribution >= 4 is 33.1 Å². The van der Waals surface area contributed by atoms with E-state index in [1.807, 2.05) is 11.8 Å². The zero-order valence-corrected chi connectivity index (χ0v) is 16.0. The Labute approximate surface area is 155 Å². The molecule has 0 N–H and O–H groups in total. The normalized spacial score (nSPS) is 18.2. The highest BCUT2D eigenvalue weighted by Crippen LogP contribution is 2.38. The van der Waals surface area contributed by atoms with E-state index in [4.69, 9.17) is 4.98 Å². The average molecular weight is 370 g/mol. The van der Waals surface area contributed by atoms with Gasteiger partial charge in [0.2, 0.25) is 5.82 Å². The largest absolute Gasteiger partial charge is 0.333 e. The fraction of sp³-hybridized carbons (Fsp3) is 0.556. The van der Waals surface area contributed by atoms with Crippen LogP contribution in [0.4, 0.5) is 0 Å². The number of carbonyl (C=O) groups is 1. The summed E-state index contributed by atoms with van der Waals surface area (Å²) in [5.41, 5.74) is 2.16. The summed E-state index contributed by atoms with van der Waals surface area (Å²) < 4.78 is 1.75. The average Bonchev–Trinajstić information content (AvgIpc) is 3.35. The maximum atomic E-state index is 12.9. The van der Waals surface area contributed by atoms with Crippen molar-refractivity contribution in [1.29, 1.82) is 0 Å². The van der Waals surface area contributed by atoms with Gasteiger partial charge in [0.1, 0.15) is 10.7 Å². The van der Waals surface area contributed by atoms with Crippen LogP contribution >= 0.6 is 11.3 Å². The molecule has 4 heterocycles. The molecule has 0 spiro atoms. The van der Waals surface area contributed by atoms with Crippen molar-refractivity contribution in [3.05, 3.63) is 22.1 Å². The van der Waals surface area contributed by atoms with Crippen molar-refractivity contribution in [2.45, 2.75) is 33.1 Å². The van der Waals surface area contributed by atoms with E-state index in [-0.39, 0.29) is 5.91 Å². The molecular weight excluding hydrogens is 348 g/mol. The summed E-state index contributed by atoms with van der Waals surface area (Å²) in [5.74, 6) is 1.02. The predicted octanol–water partition coefficient (Wildman–Crippen LogP) is 1.91. The Morgan fingerprint density at radius 2 is 1.96 bits per heavy atom. The van der Waals surface area contributed by atoms with Gasteiger partial charge in [-0.05, 0) is 38.3 Å². The number of fused-ring (bicyclic) bond motifs is 5. The number of aryl methyl sites for hydroxylation is 3. The lowest BCUT2D eigenvalue weighted by molar-refractivity contribution is 0.0631. The summed E-state index contributed by atoms with van der Waals surface area (Å²) in [4.78, 5) is 29.0. The van der Waals surface area contributed by atoms with Gasteiger partial charge >= 0.3 is 0 Å². The number of aromatic nitrogens is 4. The number of piperazine rings is 1. The molecule has 7 nitrogen and oxygen atoms in total. The van der Waals surface area contributed by atoms with Crippen molar-refractivity contribution in [1.82, 2.24) is 29.4 Å². The number of hydrogen-bond acceptors (Lipinski definition) is 6. The second-order valence-corrected chi connectivity index (χ2v) is 8.18. The third-order valence-corrected chi connectivity index (χ3v) is 6.79. The molecule has 3 aromatic heterocycles. The monoisotopic (exact) mass is 370 g/mol. The topological polar surface area (TPSA) is 66.6 Å². The molecule has 2 aliphatic rings. The fourth-order valence-corrected chi connectivity index (χ4v) is 5.39. The van der Waals surface area contributed by atoms with Crippen molar-refractivity contribution in [3.63, 3.8) is 0 Å². The zero-order chi connectivity index (χ0) is 17.8. The molecule has 136 valence electrons. The van der Waals surface area contributed by atoms with Crippen molar-refractivity contribution < 1.29 is 4.79 Å². The molecule has 0 saturated carbocycles. The van der Waals surface area contributed by atoms with Crippen LogP contribution in [0.3, 0.4) is 0 Å². The number of likely N-dealkylation sites (N-methyl/N-ethyl adjacent to an activating group) is 1. The van der Waals surface area contributed by atoms with E-state index in [0.717, 1.165) is 67.3 Å². The Bertz CT molecular complexity index is 1010. The van der Waals surface area contributed by atoms with Crippen molar-refractivity contribution in [3.8, 4) is 0 Å². The molecule has 26 heavy (non-hydrogen) atoms. The Morgan fingerprint density at radius 1 is 1.15 bits per heavy atom. The van der Waals surface area contributed by atoms with Gasteiger partial charge in [0.15, 0.2) is 5.65 Å². The highest BCUT2D eigenvalue weighted by Gasteiger charge is 2.27. The molecule has 0 bridgehead atoms. The number of hydrogen-bond donors (Lipinski definition) is 0. The number of nitrogens with zero attached hydrogens (tertiary/aromatic N) is 6.